The lowest BCUT2D eigenvalue weighted by atomic mass is 9.81. The number of carboxylic acid groups (broad SMARTS) is 1. The van der Waals surface area contributed by atoms with E-state index in [1.165, 1.54) is 4.90 Å². The predicted molar refractivity (Wildman–Crippen MR) is 132 cm³/mol. The number of carbonyl (C=O) groups excluding carboxylic acids is 2. The molecule has 1 aliphatic heterocycles. The van der Waals surface area contributed by atoms with Crippen LogP contribution in [0.1, 0.15) is 44.2 Å². The first kappa shape index (κ1) is 24.3. The van der Waals surface area contributed by atoms with Gasteiger partial charge in [0.15, 0.2) is 0 Å². The Balaban J connectivity index is 1.44. The number of nitrogens with zero attached hydrogens (tertiary/aromatic N) is 1. The summed E-state index contributed by atoms with van der Waals surface area (Å²) in [5.74, 6) is 4.02. The normalized spacial score (nSPS) is 21.3. The summed E-state index contributed by atoms with van der Waals surface area (Å²) >= 11 is 0. The molecule has 2 aliphatic rings. The van der Waals surface area contributed by atoms with E-state index in [1.807, 2.05) is 43.3 Å². The van der Waals surface area contributed by atoms with Gasteiger partial charge in [-0.25, -0.2) is 4.79 Å². The number of likely N-dealkylation sites (tertiary alicyclic amines) is 1. The molecule has 35 heavy (non-hydrogen) atoms. The summed E-state index contributed by atoms with van der Waals surface area (Å²) in [6.07, 6.45) is -0.579. The van der Waals surface area contributed by atoms with Gasteiger partial charge in [-0.05, 0) is 42.0 Å². The second-order valence-electron chi connectivity index (χ2n) is 9.50. The summed E-state index contributed by atoms with van der Waals surface area (Å²) in [7, 11) is 0. The summed E-state index contributed by atoms with van der Waals surface area (Å²) in [5.41, 5.74) is 3.44. The van der Waals surface area contributed by atoms with Gasteiger partial charge in [0.25, 0.3) is 0 Å². The fourth-order valence-corrected chi connectivity index (χ4v) is 5.00. The molecule has 0 saturated carbocycles. The maximum atomic E-state index is 13.2. The molecule has 1 aliphatic carbocycles. The van der Waals surface area contributed by atoms with Crippen molar-refractivity contribution in [2.75, 3.05) is 19.7 Å². The first-order chi connectivity index (χ1) is 16.8. The summed E-state index contributed by atoms with van der Waals surface area (Å²) < 4.78 is 5.60. The zero-order valence-electron chi connectivity index (χ0n) is 20.2. The van der Waals surface area contributed by atoms with Crippen molar-refractivity contribution in [2.24, 2.45) is 11.3 Å². The topological polar surface area (TPSA) is 95.9 Å². The third kappa shape index (κ3) is 4.61. The molecular weight excluding hydrogens is 444 g/mol. The van der Waals surface area contributed by atoms with E-state index in [4.69, 9.17) is 4.74 Å². The molecule has 1 saturated heterocycles. The molecule has 2 amide bonds. The van der Waals surface area contributed by atoms with E-state index in [0.717, 1.165) is 22.3 Å². The minimum atomic E-state index is -1.03. The van der Waals surface area contributed by atoms with Crippen molar-refractivity contribution in [1.29, 1.82) is 0 Å². The third-order valence-corrected chi connectivity index (χ3v) is 7.32. The summed E-state index contributed by atoms with van der Waals surface area (Å²) in [4.78, 5) is 39.3. The van der Waals surface area contributed by atoms with Crippen molar-refractivity contribution >= 4 is 18.0 Å². The average molecular weight is 475 g/mol. The molecule has 1 heterocycles. The molecule has 182 valence electrons. The number of hydrogen-bond acceptors (Lipinski definition) is 4. The molecule has 2 N–H and O–H groups in total. The van der Waals surface area contributed by atoms with Crippen molar-refractivity contribution in [3.63, 3.8) is 0 Å². The number of rotatable bonds is 6. The molecule has 3 atom stereocenters. The molecule has 0 spiro atoms. The smallest absolute Gasteiger partial charge is 0.407 e. The summed E-state index contributed by atoms with van der Waals surface area (Å²) in [5, 5.41) is 12.3. The molecule has 1 unspecified atom stereocenters. The van der Waals surface area contributed by atoms with Gasteiger partial charge < -0.3 is 20.1 Å². The maximum Gasteiger partial charge on any atom is 0.407 e. The van der Waals surface area contributed by atoms with Crippen LogP contribution in [0.2, 0.25) is 0 Å². The van der Waals surface area contributed by atoms with E-state index in [1.54, 1.807) is 13.8 Å². The Morgan fingerprint density at radius 2 is 1.74 bits per heavy atom. The Labute approximate surface area is 205 Å². The minimum Gasteiger partial charge on any atom is -0.481 e. The Morgan fingerprint density at radius 3 is 2.29 bits per heavy atom. The molecule has 7 heteroatoms. The third-order valence-electron chi connectivity index (χ3n) is 7.32. The molecule has 7 nitrogen and oxygen atoms in total. The Kier molecular flexibility index (Phi) is 6.83. The van der Waals surface area contributed by atoms with E-state index >= 15 is 0 Å². The zero-order valence-corrected chi connectivity index (χ0v) is 20.2. The number of alkyl carbamates (subject to hydrolysis) is 1. The van der Waals surface area contributed by atoms with Gasteiger partial charge in [0.1, 0.15) is 12.6 Å². The SMILES string of the molecule is CC#CCC(NC(=O)OCC1c2ccccc2-c2ccccc21)C(=O)N1C[C@@H](C)[C@](C)(C(=O)O)C1. The molecule has 4 rings (SSSR count). The lowest BCUT2D eigenvalue weighted by Gasteiger charge is -2.25. The molecule has 0 radical (unpaired) electrons. The van der Waals surface area contributed by atoms with Gasteiger partial charge in [0.05, 0.1) is 5.41 Å². The molecule has 2 aromatic carbocycles. The monoisotopic (exact) mass is 474 g/mol. The van der Waals surface area contributed by atoms with Crippen LogP contribution >= 0.6 is 0 Å². The molecule has 0 aromatic heterocycles. The Bertz CT molecular complexity index is 1170. The van der Waals surface area contributed by atoms with Gasteiger partial charge >= 0.3 is 12.1 Å². The number of carboxylic acids is 1. The van der Waals surface area contributed by atoms with Gasteiger partial charge in [0, 0.05) is 25.4 Å². The van der Waals surface area contributed by atoms with Crippen LogP contribution in [0.5, 0.6) is 0 Å². The second-order valence-corrected chi connectivity index (χ2v) is 9.50. The van der Waals surface area contributed by atoms with Crippen molar-refractivity contribution in [3.05, 3.63) is 59.7 Å². The van der Waals surface area contributed by atoms with Gasteiger partial charge in [-0.2, -0.15) is 0 Å². The number of amides is 2. The highest BCUT2D eigenvalue weighted by Crippen LogP contribution is 2.44. The van der Waals surface area contributed by atoms with Crippen molar-refractivity contribution in [3.8, 4) is 23.0 Å². The van der Waals surface area contributed by atoms with Crippen LogP contribution in [-0.2, 0) is 14.3 Å². The maximum absolute atomic E-state index is 13.2. The van der Waals surface area contributed by atoms with E-state index < -0.39 is 23.5 Å². The van der Waals surface area contributed by atoms with Crippen LogP contribution in [0, 0.1) is 23.2 Å². The minimum absolute atomic E-state index is 0.0881. The number of aliphatic carboxylic acids is 1. The first-order valence-electron chi connectivity index (χ1n) is 11.8. The standard InChI is InChI=1S/C28H30N2O5/c1-4-5-14-24(25(31)30-15-18(2)28(3,17-30)26(32)33)29-27(34)35-16-23-21-12-8-6-10-19(21)20-11-7-9-13-22(20)23/h6-13,18,23-24H,14-17H2,1-3H3,(H,29,34)(H,32,33)/t18-,24?,28-/m1/s1. The lowest BCUT2D eigenvalue weighted by Crippen LogP contribution is -2.48. The van der Waals surface area contributed by atoms with Crippen LogP contribution < -0.4 is 5.32 Å². The average Bonchev–Trinajstić information content (AvgIpc) is 3.34. The second kappa shape index (κ2) is 9.83. The van der Waals surface area contributed by atoms with E-state index in [9.17, 15) is 19.5 Å². The lowest BCUT2D eigenvalue weighted by molar-refractivity contribution is -0.149. The van der Waals surface area contributed by atoms with Crippen LogP contribution in [0.4, 0.5) is 4.79 Å². The van der Waals surface area contributed by atoms with E-state index in [-0.39, 0.29) is 37.3 Å². The highest BCUT2D eigenvalue weighted by atomic mass is 16.5. The number of carbonyl (C=O) groups is 3. The first-order valence-corrected chi connectivity index (χ1v) is 11.8. The van der Waals surface area contributed by atoms with E-state index in [2.05, 4.69) is 29.3 Å². The van der Waals surface area contributed by atoms with Crippen molar-refractivity contribution in [1.82, 2.24) is 10.2 Å². The van der Waals surface area contributed by atoms with Crippen LogP contribution in [0.15, 0.2) is 48.5 Å². The highest BCUT2D eigenvalue weighted by molar-refractivity contribution is 5.87. The largest absolute Gasteiger partial charge is 0.481 e. The Hall–Kier alpha value is -3.79. The van der Waals surface area contributed by atoms with Gasteiger partial charge in [0.2, 0.25) is 5.91 Å². The fraction of sp³-hybridized carbons (Fsp3) is 0.393. The van der Waals surface area contributed by atoms with Crippen molar-refractivity contribution < 1.29 is 24.2 Å². The van der Waals surface area contributed by atoms with Gasteiger partial charge in [-0.3, -0.25) is 9.59 Å². The molecule has 0 bridgehead atoms. The Morgan fingerprint density at radius 1 is 1.14 bits per heavy atom. The number of benzene rings is 2. The molecule has 1 fully saturated rings. The van der Waals surface area contributed by atoms with Crippen LogP contribution in [0.25, 0.3) is 11.1 Å². The number of fused-ring (bicyclic) bond motifs is 3. The quantitative estimate of drug-likeness (QED) is 0.620. The summed E-state index contributed by atoms with van der Waals surface area (Å²) in [6.45, 7) is 5.66. The zero-order chi connectivity index (χ0) is 25.2. The van der Waals surface area contributed by atoms with E-state index in [0.29, 0.717) is 6.54 Å². The van der Waals surface area contributed by atoms with Gasteiger partial charge in [-0.1, -0.05) is 55.5 Å². The molecular formula is C28H30N2O5. The van der Waals surface area contributed by atoms with Gasteiger partial charge in [-0.15, -0.1) is 11.8 Å². The summed E-state index contributed by atoms with van der Waals surface area (Å²) in [6, 6.07) is 15.2. The van der Waals surface area contributed by atoms with Crippen LogP contribution in [-0.4, -0.2) is 53.7 Å². The van der Waals surface area contributed by atoms with Crippen LogP contribution in [0.3, 0.4) is 0 Å². The number of hydrogen-bond donors (Lipinski definition) is 2. The highest BCUT2D eigenvalue weighted by Gasteiger charge is 2.48. The fourth-order valence-electron chi connectivity index (χ4n) is 5.00. The van der Waals surface area contributed by atoms with Crippen molar-refractivity contribution in [2.45, 2.75) is 39.2 Å². The number of nitrogens with one attached hydrogen (secondary N) is 1. The number of ether oxygens (including phenoxy) is 1. The molecule has 2 aromatic rings. The predicted octanol–water partition coefficient (Wildman–Crippen LogP) is 3.88.